The zero-order chi connectivity index (χ0) is 34.8. The molecule has 0 amide bonds. The molecule has 10 rings (SSSR count). The molecule has 9 aromatic rings. The summed E-state index contributed by atoms with van der Waals surface area (Å²) < 4.78 is 9.01. The first-order valence-electron chi connectivity index (χ1n) is 18.0. The molecule has 0 aliphatic heterocycles. The summed E-state index contributed by atoms with van der Waals surface area (Å²) >= 11 is 0. The third-order valence-corrected chi connectivity index (χ3v) is 11.3. The number of hydrogen-bond donors (Lipinski definition) is 0. The van der Waals surface area contributed by atoms with Crippen molar-refractivity contribution in [2.45, 2.75) is 47.0 Å². The highest BCUT2D eigenvalue weighted by Crippen LogP contribution is 2.51. The van der Waals surface area contributed by atoms with Gasteiger partial charge in [-0.2, -0.15) is 0 Å². The SMILES string of the molecule is Cc1cc(C)cc(-c2ccc3c(c2)c2cc(-c4cc(C)cc(C)c4)ccc2n3-c2ccc3oc4cc5c(cc4c3c2)-c2ccccc2C5(C)C)c1. The van der Waals surface area contributed by atoms with Crippen molar-refractivity contribution in [3.63, 3.8) is 0 Å². The van der Waals surface area contributed by atoms with Crippen molar-refractivity contribution in [1.29, 1.82) is 0 Å². The van der Waals surface area contributed by atoms with E-state index in [9.17, 15) is 0 Å². The van der Waals surface area contributed by atoms with E-state index in [1.807, 2.05) is 0 Å². The molecular formula is C49H39NO. The smallest absolute Gasteiger partial charge is 0.135 e. The van der Waals surface area contributed by atoms with Gasteiger partial charge in [0.25, 0.3) is 0 Å². The Bertz CT molecular complexity index is 2780. The lowest BCUT2D eigenvalue weighted by atomic mass is 9.82. The molecule has 0 atom stereocenters. The van der Waals surface area contributed by atoms with Crippen LogP contribution in [0.3, 0.4) is 0 Å². The fraction of sp³-hybridized carbons (Fsp3) is 0.143. The number of aryl methyl sites for hydroxylation is 4. The zero-order valence-corrected chi connectivity index (χ0v) is 30.0. The highest BCUT2D eigenvalue weighted by Gasteiger charge is 2.36. The van der Waals surface area contributed by atoms with Crippen molar-refractivity contribution in [2.24, 2.45) is 0 Å². The first-order valence-corrected chi connectivity index (χ1v) is 18.0. The quantitative estimate of drug-likeness (QED) is 0.185. The highest BCUT2D eigenvalue weighted by atomic mass is 16.3. The molecule has 0 unspecified atom stereocenters. The molecule has 0 saturated carbocycles. The van der Waals surface area contributed by atoms with E-state index in [2.05, 4.69) is 174 Å². The average molecular weight is 658 g/mol. The third-order valence-electron chi connectivity index (χ3n) is 11.3. The van der Waals surface area contributed by atoms with Gasteiger partial charge in [0.2, 0.25) is 0 Å². The standard InChI is InChI=1S/C49H39NO/c1-28-17-29(2)20-34(19-28)32-11-14-45-39(23-32)40-24-33(35-21-30(3)18-31(4)22-35)12-15-46(40)50(45)36-13-16-47-41(25-36)42-26-38-37-9-7-8-10-43(37)49(5,6)44(38)27-48(42)51-47/h7-27H,1-6H3. The lowest BCUT2D eigenvalue weighted by molar-refractivity contribution is 0.647. The Balaban J connectivity index is 1.22. The van der Waals surface area contributed by atoms with E-state index < -0.39 is 0 Å². The first kappa shape index (κ1) is 30.0. The van der Waals surface area contributed by atoms with Gasteiger partial charge < -0.3 is 8.98 Å². The van der Waals surface area contributed by atoms with Crippen LogP contribution in [0.2, 0.25) is 0 Å². The van der Waals surface area contributed by atoms with Gasteiger partial charge in [-0.1, -0.05) is 109 Å². The summed E-state index contributed by atoms with van der Waals surface area (Å²) in [5.74, 6) is 0. The van der Waals surface area contributed by atoms with Crippen molar-refractivity contribution < 1.29 is 4.42 Å². The predicted molar refractivity (Wildman–Crippen MR) is 215 cm³/mol. The molecule has 1 aliphatic rings. The number of furan rings is 1. The summed E-state index contributed by atoms with van der Waals surface area (Å²) in [4.78, 5) is 0. The van der Waals surface area contributed by atoms with Crippen LogP contribution in [0.1, 0.15) is 47.2 Å². The maximum atomic E-state index is 6.58. The topological polar surface area (TPSA) is 18.1 Å². The van der Waals surface area contributed by atoms with Crippen LogP contribution in [0.5, 0.6) is 0 Å². The minimum absolute atomic E-state index is 0.0702. The Kier molecular flexibility index (Phi) is 6.22. The van der Waals surface area contributed by atoms with Gasteiger partial charge in [-0.15, -0.1) is 0 Å². The number of aromatic nitrogens is 1. The average Bonchev–Trinajstić information content (AvgIpc) is 3.71. The Labute approximate surface area is 298 Å². The lowest BCUT2D eigenvalue weighted by Gasteiger charge is -2.21. The second kappa shape index (κ2) is 10.6. The van der Waals surface area contributed by atoms with Crippen LogP contribution < -0.4 is 0 Å². The zero-order valence-electron chi connectivity index (χ0n) is 30.0. The van der Waals surface area contributed by atoms with Crippen LogP contribution in [0.15, 0.2) is 132 Å². The summed E-state index contributed by atoms with van der Waals surface area (Å²) in [5.41, 5.74) is 20.8. The predicted octanol–water partition coefficient (Wildman–Crippen LogP) is 13.6. The molecular weight excluding hydrogens is 619 g/mol. The van der Waals surface area contributed by atoms with E-state index >= 15 is 0 Å². The molecule has 2 aromatic heterocycles. The molecule has 0 fully saturated rings. The molecule has 0 radical (unpaired) electrons. The molecule has 1 aliphatic carbocycles. The van der Waals surface area contributed by atoms with Crippen LogP contribution in [0, 0.1) is 27.7 Å². The number of fused-ring (bicyclic) bond motifs is 9. The monoisotopic (exact) mass is 657 g/mol. The fourth-order valence-electron chi connectivity index (χ4n) is 9.04. The molecule has 7 aromatic carbocycles. The van der Waals surface area contributed by atoms with Gasteiger partial charge in [0.05, 0.1) is 11.0 Å². The summed E-state index contributed by atoms with van der Waals surface area (Å²) in [6.07, 6.45) is 0. The molecule has 2 heterocycles. The first-order chi connectivity index (χ1) is 24.6. The van der Waals surface area contributed by atoms with Gasteiger partial charge in [-0.25, -0.2) is 0 Å². The van der Waals surface area contributed by atoms with Gasteiger partial charge in [0, 0.05) is 32.6 Å². The van der Waals surface area contributed by atoms with Crippen molar-refractivity contribution in [1.82, 2.24) is 4.57 Å². The van der Waals surface area contributed by atoms with Crippen LogP contribution in [0.4, 0.5) is 0 Å². The molecule has 2 heteroatoms. The van der Waals surface area contributed by atoms with Gasteiger partial charge in [-0.05, 0) is 127 Å². The molecule has 0 saturated heterocycles. The number of rotatable bonds is 3. The Hall–Kier alpha value is -5.86. The molecule has 51 heavy (non-hydrogen) atoms. The number of hydrogen-bond acceptors (Lipinski definition) is 1. The maximum Gasteiger partial charge on any atom is 0.135 e. The molecule has 0 spiro atoms. The second-order valence-electron chi connectivity index (χ2n) is 15.4. The van der Waals surface area contributed by atoms with Crippen LogP contribution in [-0.4, -0.2) is 4.57 Å². The van der Waals surface area contributed by atoms with E-state index in [-0.39, 0.29) is 5.41 Å². The highest BCUT2D eigenvalue weighted by molar-refractivity contribution is 6.13. The van der Waals surface area contributed by atoms with Gasteiger partial charge in [0.1, 0.15) is 11.2 Å². The Morgan fingerprint density at radius 3 is 1.61 bits per heavy atom. The van der Waals surface area contributed by atoms with Gasteiger partial charge in [-0.3, -0.25) is 0 Å². The molecule has 246 valence electrons. The number of nitrogens with zero attached hydrogens (tertiary/aromatic N) is 1. The Morgan fingerprint density at radius 1 is 0.431 bits per heavy atom. The van der Waals surface area contributed by atoms with E-state index in [0.29, 0.717) is 0 Å². The number of benzene rings is 7. The Morgan fingerprint density at radius 2 is 1.00 bits per heavy atom. The molecule has 2 nitrogen and oxygen atoms in total. The van der Waals surface area contributed by atoms with Crippen molar-refractivity contribution >= 4 is 43.7 Å². The largest absolute Gasteiger partial charge is 0.456 e. The molecule has 0 N–H and O–H groups in total. The second-order valence-corrected chi connectivity index (χ2v) is 15.4. The maximum absolute atomic E-state index is 6.58. The van der Waals surface area contributed by atoms with Crippen molar-refractivity contribution in [2.75, 3.05) is 0 Å². The van der Waals surface area contributed by atoms with Crippen LogP contribution in [-0.2, 0) is 5.41 Å². The normalized spacial score (nSPS) is 13.5. The lowest BCUT2D eigenvalue weighted by Crippen LogP contribution is -2.14. The van der Waals surface area contributed by atoms with Gasteiger partial charge in [0.15, 0.2) is 0 Å². The minimum atomic E-state index is -0.0702. The minimum Gasteiger partial charge on any atom is -0.456 e. The summed E-state index contributed by atoms with van der Waals surface area (Å²) in [5, 5.41) is 4.80. The summed E-state index contributed by atoms with van der Waals surface area (Å²) in [6, 6.07) is 47.8. The summed E-state index contributed by atoms with van der Waals surface area (Å²) in [7, 11) is 0. The van der Waals surface area contributed by atoms with Gasteiger partial charge >= 0.3 is 0 Å². The van der Waals surface area contributed by atoms with Crippen LogP contribution >= 0.6 is 0 Å². The van der Waals surface area contributed by atoms with E-state index in [1.54, 1.807) is 0 Å². The third kappa shape index (κ3) is 4.49. The van der Waals surface area contributed by atoms with Crippen LogP contribution in [0.25, 0.3) is 82.8 Å². The van der Waals surface area contributed by atoms with E-state index in [4.69, 9.17) is 4.42 Å². The van der Waals surface area contributed by atoms with E-state index in [1.165, 1.54) is 88.6 Å². The van der Waals surface area contributed by atoms with E-state index in [0.717, 1.165) is 27.6 Å². The molecule has 0 bridgehead atoms. The summed E-state index contributed by atoms with van der Waals surface area (Å²) in [6.45, 7) is 13.4. The fourth-order valence-corrected chi connectivity index (χ4v) is 9.04. The van der Waals surface area contributed by atoms with Crippen molar-refractivity contribution in [3.05, 3.63) is 161 Å². The van der Waals surface area contributed by atoms with Crippen molar-refractivity contribution in [3.8, 4) is 39.1 Å².